The van der Waals surface area contributed by atoms with Crippen molar-refractivity contribution in [1.29, 1.82) is 5.26 Å². The average molecular weight is 264 g/mol. The summed E-state index contributed by atoms with van der Waals surface area (Å²) in [6.45, 7) is 2.28. The zero-order chi connectivity index (χ0) is 13.7. The van der Waals surface area contributed by atoms with Gasteiger partial charge in [-0.15, -0.1) is 0 Å². The highest BCUT2D eigenvalue weighted by atomic mass is 19.1. The second-order valence-corrected chi connectivity index (χ2v) is 4.71. The van der Waals surface area contributed by atoms with E-state index in [9.17, 15) is 4.39 Å². The average Bonchev–Trinajstić information content (AvgIpc) is 2.90. The fourth-order valence-corrected chi connectivity index (χ4v) is 2.15. The fraction of sp³-hybridized carbons (Fsp3) is 0.500. The van der Waals surface area contributed by atoms with Gasteiger partial charge >= 0.3 is 0 Å². The summed E-state index contributed by atoms with van der Waals surface area (Å²) < 4.78 is 24.5. The Hall–Kier alpha value is -1.48. The van der Waals surface area contributed by atoms with Crippen molar-refractivity contribution in [2.24, 2.45) is 0 Å². The minimum absolute atomic E-state index is 0.303. The Balaban J connectivity index is 1.91. The van der Waals surface area contributed by atoms with Crippen molar-refractivity contribution >= 4 is 0 Å². The molecular weight excluding hydrogens is 247 g/mol. The number of hydrogen-bond acceptors (Lipinski definition) is 4. The molecule has 1 fully saturated rings. The van der Waals surface area contributed by atoms with Gasteiger partial charge in [0.05, 0.1) is 18.2 Å². The van der Waals surface area contributed by atoms with Crippen LogP contribution in [0.4, 0.5) is 4.39 Å². The molecule has 1 aromatic carbocycles. The zero-order valence-corrected chi connectivity index (χ0v) is 10.9. The van der Waals surface area contributed by atoms with Crippen LogP contribution >= 0.6 is 0 Å². The predicted octanol–water partition coefficient (Wildman–Crippen LogP) is 1.59. The van der Waals surface area contributed by atoms with Crippen molar-refractivity contribution in [3.05, 3.63) is 35.1 Å². The molecule has 102 valence electrons. The first-order chi connectivity index (χ1) is 9.19. The van der Waals surface area contributed by atoms with Crippen LogP contribution in [-0.4, -0.2) is 32.5 Å². The van der Waals surface area contributed by atoms with Crippen LogP contribution < -0.4 is 5.32 Å². The third-order valence-electron chi connectivity index (χ3n) is 3.44. The van der Waals surface area contributed by atoms with E-state index in [2.05, 4.69) is 5.32 Å². The molecule has 2 rings (SSSR count). The van der Waals surface area contributed by atoms with Crippen molar-refractivity contribution in [3.8, 4) is 6.07 Å². The standard InChI is InChI=1S/C14H17FN2O2/c1-18-14(4-5-19-10-14)9-17-8-12-3-2-11(7-16)6-13(12)15/h2-3,6,17H,4-5,8-10H2,1H3. The summed E-state index contributed by atoms with van der Waals surface area (Å²) in [7, 11) is 1.67. The SMILES string of the molecule is COC1(CNCc2ccc(C#N)cc2F)CCOC1. The van der Waals surface area contributed by atoms with Crippen molar-refractivity contribution in [2.75, 3.05) is 26.9 Å². The van der Waals surface area contributed by atoms with Crippen molar-refractivity contribution in [3.63, 3.8) is 0 Å². The molecule has 1 saturated heterocycles. The molecular formula is C14H17FN2O2. The van der Waals surface area contributed by atoms with Gasteiger partial charge in [0.1, 0.15) is 11.4 Å². The van der Waals surface area contributed by atoms with E-state index < -0.39 is 0 Å². The van der Waals surface area contributed by atoms with Gasteiger partial charge < -0.3 is 14.8 Å². The van der Waals surface area contributed by atoms with Crippen molar-refractivity contribution in [2.45, 2.75) is 18.6 Å². The maximum absolute atomic E-state index is 13.7. The second kappa shape index (κ2) is 6.11. The van der Waals surface area contributed by atoms with Crippen LogP contribution in [0.1, 0.15) is 17.5 Å². The molecule has 19 heavy (non-hydrogen) atoms. The summed E-state index contributed by atoms with van der Waals surface area (Å²) in [5.41, 5.74) is 0.575. The van der Waals surface area contributed by atoms with Gasteiger partial charge in [-0.25, -0.2) is 4.39 Å². The molecule has 0 saturated carbocycles. The molecule has 1 aliphatic heterocycles. The molecule has 5 heteroatoms. The molecule has 1 atom stereocenters. The van der Waals surface area contributed by atoms with Crippen LogP contribution in [0.2, 0.25) is 0 Å². The molecule has 0 aromatic heterocycles. The highest BCUT2D eigenvalue weighted by molar-refractivity contribution is 5.32. The molecule has 1 aromatic rings. The van der Waals surface area contributed by atoms with Crippen molar-refractivity contribution in [1.82, 2.24) is 5.32 Å². The van der Waals surface area contributed by atoms with E-state index in [4.69, 9.17) is 14.7 Å². The number of nitrogens with zero attached hydrogens (tertiary/aromatic N) is 1. The summed E-state index contributed by atoms with van der Waals surface area (Å²) in [6.07, 6.45) is 0.840. The largest absolute Gasteiger partial charge is 0.378 e. The van der Waals surface area contributed by atoms with E-state index in [1.165, 1.54) is 6.07 Å². The third-order valence-corrected chi connectivity index (χ3v) is 3.44. The lowest BCUT2D eigenvalue weighted by molar-refractivity contribution is -0.0159. The molecule has 0 spiro atoms. The quantitative estimate of drug-likeness (QED) is 0.877. The fourth-order valence-electron chi connectivity index (χ4n) is 2.15. The highest BCUT2D eigenvalue weighted by Gasteiger charge is 2.34. The molecule has 1 N–H and O–H groups in total. The molecule has 0 aliphatic carbocycles. The van der Waals surface area contributed by atoms with Crippen LogP contribution in [-0.2, 0) is 16.0 Å². The first-order valence-electron chi connectivity index (χ1n) is 6.21. The lowest BCUT2D eigenvalue weighted by Gasteiger charge is -2.26. The summed E-state index contributed by atoms with van der Waals surface area (Å²) in [6, 6.07) is 6.41. The Kier molecular flexibility index (Phi) is 4.48. The molecule has 1 unspecified atom stereocenters. The van der Waals surface area contributed by atoms with Crippen LogP contribution in [0.25, 0.3) is 0 Å². The second-order valence-electron chi connectivity index (χ2n) is 4.71. The number of benzene rings is 1. The van der Waals surface area contributed by atoms with E-state index in [1.807, 2.05) is 6.07 Å². The van der Waals surface area contributed by atoms with Gasteiger partial charge in [-0.3, -0.25) is 0 Å². The van der Waals surface area contributed by atoms with Gasteiger partial charge in [0, 0.05) is 38.8 Å². The summed E-state index contributed by atoms with van der Waals surface area (Å²) in [5.74, 6) is -0.360. The van der Waals surface area contributed by atoms with Crippen LogP contribution in [0.5, 0.6) is 0 Å². The minimum Gasteiger partial charge on any atom is -0.378 e. The summed E-state index contributed by atoms with van der Waals surface area (Å²) in [4.78, 5) is 0. The minimum atomic E-state index is -0.360. The first kappa shape index (κ1) is 13.9. The molecule has 0 bridgehead atoms. The Labute approximate surface area is 112 Å². The van der Waals surface area contributed by atoms with Gasteiger partial charge in [0.25, 0.3) is 0 Å². The monoisotopic (exact) mass is 264 g/mol. The molecule has 1 aliphatic rings. The third kappa shape index (κ3) is 3.29. The molecule has 1 heterocycles. The number of methoxy groups -OCH3 is 1. The number of rotatable bonds is 5. The molecule has 4 nitrogen and oxygen atoms in total. The number of nitrogens with one attached hydrogen (secondary N) is 1. The van der Waals surface area contributed by atoms with Gasteiger partial charge in [-0.05, 0) is 12.1 Å². The normalized spacial score (nSPS) is 22.4. The maximum atomic E-state index is 13.7. The van der Waals surface area contributed by atoms with Gasteiger partial charge in [0.2, 0.25) is 0 Å². The van der Waals surface area contributed by atoms with E-state index >= 15 is 0 Å². The van der Waals surface area contributed by atoms with Gasteiger partial charge in [-0.2, -0.15) is 5.26 Å². The Morgan fingerprint density at radius 2 is 2.42 bits per heavy atom. The predicted molar refractivity (Wildman–Crippen MR) is 68.0 cm³/mol. The Bertz CT molecular complexity index is 479. The van der Waals surface area contributed by atoms with Crippen LogP contribution in [0, 0.1) is 17.1 Å². The Morgan fingerprint density at radius 1 is 1.58 bits per heavy atom. The lowest BCUT2D eigenvalue weighted by atomic mass is 10.0. The van der Waals surface area contributed by atoms with E-state index in [0.717, 1.165) is 6.42 Å². The summed E-state index contributed by atoms with van der Waals surface area (Å²) in [5, 5.41) is 11.9. The first-order valence-corrected chi connectivity index (χ1v) is 6.21. The number of halogens is 1. The molecule has 0 amide bonds. The maximum Gasteiger partial charge on any atom is 0.129 e. The van der Waals surface area contributed by atoms with Gasteiger partial charge in [0.15, 0.2) is 0 Å². The Morgan fingerprint density at radius 3 is 3.00 bits per heavy atom. The van der Waals surface area contributed by atoms with E-state index in [-0.39, 0.29) is 11.4 Å². The number of hydrogen-bond donors (Lipinski definition) is 1. The summed E-state index contributed by atoms with van der Waals surface area (Å²) >= 11 is 0. The van der Waals surface area contributed by atoms with Crippen molar-refractivity contribution < 1.29 is 13.9 Å². The smallest absolute Gasteiger partial charge is 0.129 e. The number of nitriles is 1. The zero-order valence-electron chi connectivity index (χ0n) is 10.9. The topological polar surface area (TPSA) is 54.3 Å². The van der Waals surface area contributed by atoms with Crippen LogP contribution in [0.3, 0.4) is 0 Å². The van der Waals surface area contributed by atoms with E-state index in [0.29, 0.717) is 37.4 Å². The highest BCUT2D eigenvalue weighted by Crippen LogP contribution is 2.21. The van der Waals surface area contributed by atoms with E-state index in [1.54, 1.807) is 19.2 Å². The molecule has 0 radical (unpaired) electrons. The lowest BCUT2D eigenvalue weighted by Crippen LogP contribution is -2.42. The van der Waals surface area contributed by atoms with Crippen LogP contribution in [0.15, 0.2) is 18.2 Å². The number of ether oxygens (including phenoxy) is 2. The van der Waals surface area contributed by atoms with Gasteiger partial charge in [-0.1, -0.05) is 6.07 Å².